The van der Waals surface area contributed by atoms with Crippen molar-refractivity contribution < 1.29 is 0 Å². The molecule has 0 fully saturated rings. The molecule has 0 unspecified atom stereocenters. The Hall–Kier alpha value is -3.36. The van der Waals surface area contributed by atoms with Crippen molar-refractivity contribution in [3.63, 3.8) is 0 Å². The van der Waals surface area contributed by atoms with Crippen molar-refractivity contribution in [1.82, 2.24) is 35.2 Å². The van der Waals surface area contributed by atoms with Crippen LogP contribution in [0.5, 0.6) is 0 Å². The van der Waals surface area contributed by atoms with Gasteiger partial charge >= 0.3 is 0 Å². The van der Waals surface area contributed by atoms with E-state index >= 15 is 0 Å². The molecule has 0 aliphatic carbocycles. The highest BCUT2D eigenvalue weighted by Crippen LogP contribution is 2.12. The van der Waals surface area contributed by atoms with E-state index in [0.717, 1.165) is 0 Å². The molecule has 0 radical (unpaired) electrons. The Kier molecular flexibility index (Phi) is 2.97. The first-order chi connectivity index (χ1) is 11.2. The molecule has 1 N–H and O–H groups in total. The molecule has 4 rings (SSSR count). The molecule has 3 aromatic heterocycles. The number of aromatic amines is 1. The minimum atomic E-state index is -0.150. The lowest BCUT2D eigenvalue weighted by molar-refractivity contribution is 0.715. The van der Waals surface area contributed by atoms with Gasteiger partial charge in [-0.2, -0.15) is 0 Å². The minimum Gasteiger partial charge on any atom is -0.351 e. The van der Waals surface area contributed by atoms with Crippen LogP contribution in [-0.4, -0.2) is 42.3 Å². The first-order valence-corrected chi connectivity index (χ1v) is 6.95. The van der Waals surface area contributed by atoms with Crippen molar-refractivity contribution in [2.45, 2.75) is 6.54 Å². The molecule has 3 heterocycles. The standard InChI is InChI=1S/C14H12N8O/c1-21(13-7-6-12-17-19-20-22(12)18-13)8-11-15-10-5-3-2-4-9(10)14(23)16-11/h2-7H,8H2,1H3,(H,15,16,23). The number of fused-ring (bicyclic) bond motifs is 2. The summed E-state index contributed by atoms with van der Waals surface area (Å²) in [5.41, 5.74) is 1.09. The summed E-state index contributed by atoms with van der Waals surface area (Å²) >= 11 is 0. The van der Waals surface area contributed by atoms with Crippen LogP contribution in [-0.2, 0) is 6.54 Å². The maximum Gasteiger partial charge on any atom is 0.258 e. The third kappa shape index (κ3) is 2.37. The second-order valence-electron chi connectivity index (χ2n) is 5.10. The van der Waals surface area contributed by atoms with Gasteiger partial charge in [0.15, 0.2) is 11.5 Å². The van der Waals surface area contributed by atoms with Crippen molar-refractivity contribution in [3.8, 4) is 0 Å². The summed E-state index contributed by atoms with van der Waals surface area (Å²) in [7, 11) is 1.85. The minimum absolute atomic E-state index is 0.150. The molecule has 0 atom stereocenters. The summed E-state index contributed by atoms with van der Waals surface area (Å²) < 4.78 is 1.35. The van der Waals surface area contributed by atoms with E-state index in [0.29, 0.717) is 34.7 Å². The number of rotatable bonds is 3. The zero-order valence-corrected chi connectivity index (χ0v) is 12.2. The molecule has 1 aromatic carbocycles. The van der Waals surface area contributed by atoms with E-state index in [1.807, 2.05) is 36.2 Å². The van der Waals surface area contributed by atoms with E-state index in [9.17, 15) is 4.79 Å². The monoisotopic (exact) mass is 308 g/mol. The van der Waals surface area contributed by atoms with Crippen LogP contribution in [0.2, 0.25) is 0 Å². The Bertz CT molecular complexity index is 1050. The van der Waals surface area contributed by atoms with Crippen molar-refractivity contribution in [3.05, 3.63) is 52.6 Å². The average molecular weight is 308 g/mol. The summed E-state index contributed by atoms with van der Waals surface area (Å²) in [4.78, 5) is 21.2. The van der Waals surface area contributed by atoms with Gasteiger partial charge in [0.25, 0.3) is 5.56 Å². The summed E-state index contributed by atoms with van der Waals surface area (Å²) in [6.07, 6.45) is 0. The van der Waals surface area contributed by atoms with Gasteiger partial charge < -0.3 is 9.88 Å². The Morgan fingerprint density at radius 1 is 1.22 bits per heavy atom. The van der Waals surface area contributed by atoms with Crippen molar-refractivity contribution in [1.29, 1.82) is 0 Å². The van der Waals surface area contributed by atoms with Gasteiger partial charge in [0.2, 0.25) is 0 Å². The molecule has 0 aliphatic heterocycles. The third-order valence-electron chi connectivity index (χ3n) is 3.50. The number of hydrogen-bond donors (Lipinski definition) is 1. The number of hydrogen-bond acceptors (Lipinski definition) is 7. The van der Waals surface area contributed by atoms with Crippen LogP contribution in [0.1, 0.15) is 5.82 Å². The lowest BCUT2D eigenvalue weighted by Crippen LogP contribution is -2.23. The predicted octanol–water partition coefficient (Wildman–Crippen LogP) is 0.392. The van der Waals surface area contributed by atoms with Crippen LogP contribution < -0.4 is 10.5 Å². The smallest absolute Gasteiger partial charge is 0.258 e. The van der Waals surface area contributed by atoms with E-state index in [1.54, 1.807) is 12.1 Å². The molecular weight excluding hydrogens is 296 g/mol. The number of aromatic nitrogens is 7. The molecule has 0 spiro atoms. The lowest BCUT2D eigenvalue weighted by atomic mass is 10.2. The number of para-hydroxylation sites is 1. The molecule has 9 nitrogen and oxygen atoms in total. The highest BCUT2D eigenvalue weighted by molar-refractivity contribution is 5.77. The van der Waals surface area contributed by atoms with E-state index in [2.05, 4.69) is 30.6 Å². The van der Waals surface area contributed by atoms with Gasteiger partial charge in [-0.3, -0.25) is 4.79 Å². The normalized spacial score (nSPS) is 11.2. The summed E-state index contributed by atoms with van der Waals surface area (Å²) in [6, 6.07) is 10.8. The molecule has 0 saturated heterocycles. The Labute approximate surface area is 129 Å². The fourth-order valence-corrected chi connectivity index (χ4v) is 2.36. The quantitative estimate of drug-likeness (QED) is 0.583. The van der Waals surface area contributed by atoms with Crippen LogP contribution in [0.15, 0.2) is 41.2 Å². The summed E-state index contributed by atoms with van der Waals surface area (Å²) in [5.74, 6) is 1.23. The summed E-state index contributed by atoms with van der Waals surface area (Å²) in [6.45, 7) is 0.403. The number of anilines is 1. The second kappa shape index (κ2) is 5.13. The number of H-pyrrole nitrogens is 1. The van der Waals surface area contributed by atoms with Crippen molar-refractivity contribution >= 4 is 22.4 Å². The van der Waals surface area contributed by atoms with Crippen LogP contribution >= 0.6 is 0 Å². The summed E-state index contributed by atoms with van der Waals surface area (Å²) in [5, 5.41) is 16.0. The maximum atomic E-state index is 12.1. The predicted molar refractivity (Wildman–Crippen MR) is 83.0 cm³/mol. The average Bonchev–Trinajstić information content (AvgIpc) is 3.02. The van der Waals surface area contributed by atoms with Crippen LogP contribution in [0.4, 0.5) is 5.82 Å². The molecule has 114 valence electrons. The topological polar surface area (TPSA) is 105 Å². The molecule has 0 aliphatic rings. The lowest BCUT2D eigenvalue weighted by Gasteiger charge is -2.17. The van der Waals surface area contributed by atoms with Gasteiger partial charge in [0.1, 0.15) is 5.82 Å². The number of tetrazole rings is 1. The van der Waals surface area contributed by atoms with Crippen LogP contribution in [0, 0.1) is 0 Å². The maximum absolute atomic E-state index is 12.1. The van der Waals surface area contributed by atoms with E-state index in [-0.39, 0.29) is 5.56 Å². The van der Waals surface area contributed by atoms with Gasteiger partial charge in [-0.25, -0.2) is 4.98 Å². The number of nitrogens with zero attached hydrogens (tertiary/aromatic N) is 7. The van der Waals surface area contributed by atoms with Gasteiger partial charge in [-0.1, -0.05) is 12.1 Å². The highest BCUT2D eigenvalue weighted by Gasteiger charge is 2.09. The fraction of sp³-hybridized carbons (Fsp3) is 0.143. The molecule has 9 heteroatoms. The first kappa shape index (κ1) is 13.3. The third-order valence-corrected chi connectivity index (χ3v) is 3.50. The van der Waals surface area contributed by atoms with E-state index < -0.39 is 0 Å². The highest BCUT2D eigenvalue weighted by atomic mass is 16.1. The fourth-order valence-electron chi connectivity index (χ4n) is 2.36. The first-order valence-electron chi connectivity index (χ1n) is 6.95. The SMILES string of the molecule is CN(Cc1nc2ccccc2c(=O)[nH]1)c1ccc2nnnn2n1. The zero-order chi connectivity index (χ0) is 15.8. The molecule has 4 aromatic rings. The Morgan fingerprint density at radius 3 is 3.00 bits per heavy atom. The largest absolute Gasteiger partial charge is 0.351 e. The molecule has 0 amide bonds. The molecule has 0 saturated carbocycles. The van der Waals surface area contributed by atoms with Gasteiger partial charge in [-0.05, 0) is 34.7 Å². The van der Waals surface area contributed by atoms with Gasteiger partial charge in [-0.15, -0.1) is 14.8 Å². The van der Waals surface area contributed by atoms with Crippen LogP contribution in [0.25, 0.3) is 16.6 Å². The van der Waals surface area contributed by atoms with Crippen molar-refractivity contribution in [2.24, 2.45) is 0 Å². The van der Waals surface area contributed by atoms with Crippen molar-refractivity contribution in [2.75, 3.05) is 11.9 Å². The Balaban J connectivity index is 1.67. The number of nitrogens with one attached hydrogen (secondary N) is 1. The molecule has 23 heavy (non-hydrogen) atoms. The van der Waals surface area contributed by atoms with Crippen LogP contribution in [0.3, 0.4) is 0 Å². The van der Waals surface area contributed by atoms with Gasteiger partial charge in [0, 0.05) is 7.05 Å². The molecular formula is C14H12N8O. The van der Waals surface area contributed by atoms with E-state index in [4.69, 9.17) is 0 Å². The number of benzene rings is 1. The Morgan fingerprint density at radius 2 is 2.09 bits per heavy atom. The zero-order valence-electron chi connectivity index (χ0n) is 12.2. The van der Waals surface area contributed by atoms with Gasteiger partial charge in [0.05, 0.1) is 17.4 Å². The van der Waals surface area contributed by atoms with E-state index in [1.165, 1.54) is 4.63 Å². The molecule has 0 bridgehead atoms. The second-order valence-corrected chi connectivity index (χ2v) is 5.10.